The summed E-state index contributed by atoms with van der Waals surface area (Å²) in [6.07, 6.45) is 2.35. The van der Waals surface area contributed by atoms with E-state index in [1.165, 1.54) is 21.1 Å². The van der Waals surface area contributed by atoms with E-state index in [0.29, 0.717) is 0 Å². The largest absolute Gasteiger partial charge is 0.320 e. The highest BCUT2D eigenvalue weighted by molar-refractivity contribution is 8.01. The lowest BCUT2D eigenvalue weighted by Gasteiger charge is -2.04. The summed E-state index contributed by atoms with van der Waals surface area (Å²) >= 11 is 3.65. The summed E-state index contributed by atoms with van der Waals surface area (Å²) in [7, 11) is 2.00. The Morgan fingerprint density at radius 3 is 2.94 bits per heavy atom. The minimum absolute atomic E-state index is 1.09. The van der Waals surface area contributed by atoms with Crippen LogP contribution in [0.1, 0.15) is 12.0 Å². The van der Waals surface area contributed by atoms with E-state index in [9.17, 15) is 0 Å². The number of nitrogens with one attached hydrogen (secondary N) is 1. The first kappa shape index (κ1) is 12.7. The molecular weight excluding hydrogens is 246 g/mol. The molecule has 1 heterocycles. The van der Waals surface area contributed by atoms with Crippen LogP contribution in [-0.2, 0) is 6.42 Å². The van der Waals surface area contributed by atoms with Gasteiger partial charge < -0.3 is 5.32 Å². The van der Waals surface area contributed by atoms with Gasteiger partial charge in [0, 0.05) is 4.90 Å². The standard InChI is InChI=1S/C14H17NS2/c1-15-9-3-6-12-5-2-7-13(11-12)17-14-8-4-10-16-14/h2,4-5,7-8,10-11,15H,3,6,9H2,1H3. The molecule has 0 atom stereocenters. The molecule has 2 rings (SSSR count). The number of rotatable bonds is 6. The van der Waals surface area contributed by atoms with E-state index in [4.69, 9.17) is 0 Å². The topological polar surface area (TPSA) is 12.0 Å². The Morgan fingerprint density at radius 1 is 1.24 bits per heavy atom. The van der Waals surface area contributed by atoms with E-state index in [1.54, 1.807) is 11.3 Å². The molecule has 0 saturated heterocycles. The van der Waals surface area contributed by atoms with Crippen molar-refractivity contribution in [2.24, 2.45) is 0 Å². The summed E-state index contributed by atoms with van der Waals surface area (Å²) in [5.41, 5.74) is 1.43. The Bertz CT molecular complexity index is 437. The fourth-order valence-corrected chi connectivity index (χ4v) is 3.50. The molecule has 0 saturated carbocycles. The zero-order valence-electron chi connectivity index (χ0n) is 9.98. The lowest BCUT2D eigenvalue weighted by Crippen LogP contribution is -2.08. The van der Waals surface area contributed by atoms with Crippen molar-refractivity contribution in [3.8, 4) is 0 Å². The maximum atomic E-state index is 3.19. The van der Waals surface area contributed by atoms with Crippen LogP contribution in [0.2, 0.25) is 0 Å². The Morgan fingerprint density at radius 2 is 2.18 bits per heavy atom. The Kier molecular flexibility index (Phi) is 5.10. The molecule has 17 heavy (non-hydrogen) atoms. The predicted molar refractivity (Wildman–Crippen MR) is 77.1 cm³/mol. The Labute approximate surface area is 111 Å². The van der Waals surface area contributed by atoms with Gasteiger partial charge >= 0.3 is 0 Å². The minimum Gasteiger partial charge on any atom is -0.320 e. The third kappa shape index (κ3) is 4.19. The van der Waals surface area contributed by atoms with Gasteiger partial charge in [0.25, 0.3) is 0 Å². The summed E-state index contributed by atoms with van der Waals surface area (Å²) in [5, 5.41) is 5.31. The molecule has 1 aromatic carbocycles. The van der Waals surface area contributed by atoms with Crippen molar-refractivity contribution in [3.63, 3.8) is 0 Å². The van der Waals surface area contributed by atoms with Crippen molar-refractivity contribution in [2.45, 2.75) is 21.9 Å². The molecule has 1 N–H and O–H groups in total. The minimum atomic E-state index is 1.09. The number of benzene rings is 1. The zero-order valence-corrected chi connectivity index (χ0v) is 11.6. The first-order valence-electron chi connectivity index (χ1n) is 5.83. The van der Waals surface area contributed by atoms with Gasteiger partial charge in [-0.3, -0.25) is 0 Å². The van der Waals surface area contributed by atoms with Crippen molar-refractivity contribution in [1.82, 2.24) is 5.32 Å². The lowest BCUT2D eigenvalue weighted by atomic mass is 10.1. The Balaban J connectivity index is 1.96. The van der Waals surface area contributed by atoms with Gasteiger partial charge in [0.2, 0.25) is 0 Å². The van der Waals surface area contributed by atoms with Gasteiger partial charge in [-0.25, -0.2) is 0 Å². The van der Waals surface area contributed by atoms with Crippen LogP contribution in [0.5, 0.6) is 0 Å². The summed E-state index contributed by atoms with van der Waals surface area (Å²) in [4.78, 5) is 1.34. The van der Waals surface area contributed by atoms with E-state index in [1.807, 2.05) is 18.8 Å². The number of hydrogen-bond donors (Lipinski definition) is 1. The molecule has 0 spiro atoms. The van der Waals surface area contributed by atoms with Crippen molar-refractivity contribution >= 4 is 23.1 Å². The maximum absolute atomic E-state index is 3.19. The van der Waals surface area contributed by atoms with Gasteiger partial charge in [-0.15, -0.1) is 11.3 Å². The van der Waals surface area contributed by atoms with Crippen molar-refractivity contribution in [1.29, 1.82) is 0 Å². The highest BCUT2D eigenvalue weighted by atomic mass is 32.2. The number of thiophene rings is 1. The molecule has 0 fully saturated rings. The summed E-state index contributed by atoms with van der Waals surface area (Å²) in [5.74, 6) is 0. The first-order valence-corrected chi connectivity index (χ1v) is 7.53. The van der Waals surface area contributed by atoms with Crippen LogP contribution in [0.3, 0.4) is 0 Å². The van der Waals surface area contributed by atoms with E-state index >= 15 is 0 Å². The van der Waals surface area contributed by atoms with Gasteiger partial charge in [-0.1, -0.05) is 30.0 Å². The molecule has 1 nitrogen and oxygen atoms in total. The fraction of sp³-hybridized carbons (Fsp3) is 0.286. The van der Waals surface area contributed by atoms with Crippen LogP contribution < -0.4 is 5.32 Å². The fourth-order valence-electron chi connectivity index (χ4n) is 1.67. The first-order chi connectivity index (χ1) is 8.38. The molecule has 0 amide bonds. The normalized spacial score (nSPS) is 10.6. The second kappa shape index (κ2) is 6.84. The SMILES string of the molecule is CNCCCc1cccc(Sc2cccs2)c1. The van der Waals surface area contributed by atoms with Gasteiger partial charge in [0.1, 0.15) is 0 Å². The molecule has 0 unspecified atom stereocenters. The summed E-state index contributed by atoms with van der Waals surface area (Å²) in [6, 6.07) is 13.1. The third-order valence-electron chi connectivity index (χ3n) is 2.50. The van der Waals surface area contributed by atoms with Crippen LogP contribution in [0.15, 0.2) is 50.9 Å². The highest BCUT2D eigenvalue weighted by Crippen LogP contribution is 2.31. The van der Waals surface area contributed by atoms with E-state index in [-0.39, 0.29) is 0 Å². The molecule has 0 aliphatic rings. The molecule has 1 aromatic heterocycles. The van der Waals surface area contributed by atoms with Crippen molar-refractivity contribution in [2.75, 3.05) is 13.6 Å². The molecule has 0 bridgehead atoms. The monoisotopic (exact) mass is 263 g/mol. The third-order valence-corrected chi connectivity index (χ3v) is 4.53. The number of aryl methyl sites for hydroxylation is 1. The van der Waals surface area contributed by atoms with E-state index in [2.05, 4.69) is 47.1 Å². The molecule has 0 aliphatic heterocycles. The van der Waals surface area contributed by atoms with Gasteiger partial charge in [-0.2, -0.15) is 0 Å². The average molecular weight is 263 g/mol. The van der Waals surface area contributed by atoms with Crippen LogP contribution in [0, 0.1) is 0 Å². The quantitative estimate of drug-likeness (QED) is 0.789. The van der Waals surface area contributed by atoms with Crippen LogP contribution >= 0.6 is 23.1 Å². The van der Waals surface area contributed by atoms with Gasteiger partial charge in [0.15, 0.2) is 0 Å². The highest BCUT2D eigenvalue weighted by Gasteiger charge is 1.99. The van der Waals surface area contributed by atoms with E-state index in [0.717, 1.165) is 13.0 Å². The smallest absolute Gasteiger partial charge is 0.0646 e. The van der Waals surface area contributed by atoms with Crippen LogP contribution in [-0.4, -0.2) is 13.6 Å². The van der Waals surface area contributed by atoms with Gasteiger partial charge in [-0.05, 0) is 55.6 Å². The molecule has 0 radical (unpaired) electrons. The lowest BCUT2D eigenvalue weighted by molar-refractivity contribution is 0.724. The molecule has 90 valence electrons. The van der Waals surface area contributed by atoms with Gasteiger partial charge in [0.05, 0.1) is 4.21 Å². The predicted octanol–water partition coefficient (Wildman–Crippen LogP) is 4.05. The summed E-state index contributed by atoms with van der Waals surface area (Å²) in [6.45, 7) is 1.09. The zero-order chi connectivity index (χ0) is 11.9. The van der Waals surface area contributed by atoms with Crippen LogP contribution in [0.4, 0.5) is 0 Å². The van der Waals surface area contributed by atoms with Crippen molar-refractivity contribution in [3.05, 3.63) is 47.3 Å². The molecular formula is C14H17NS2. The van der Waals surface area contributed by atoms with E-state index < -0.39 is 0 Å². The second-order valence-corrected chi connectivity index (χ2v) is 6.21. The summed E-state index contributed by atoms with van der Waals surface area (Å²) < 4.78 is 1.36. The van der Waals surface area contributed by atoms with Crippen molar-refractivity contribution < 1.29 is 0 Å². The van der Waals surface area contributed by atoms with Crippen LogP contribution in [0.25, 0.3) is 0 Å². The average Bonchev–Trinajstić information content (AvgIpc) is 2.83. The molecule has 0 aliphatic carbocycles. The molecule has 2 aromatic rings. The molecule has 3 heteroatoms. The maximum Gasteiger partial charge on any atom is 0.0646 e. The second-order valence-electron chi connectivity index (χ2n) is 3.89. The number of hydrogen-bond acceptors (Lipinski definition) is 3. The Hall–Kier alpha value is -0.770.